The average Bonchev–Trinajstić information content (AvgIpc) is 3.15. The molecule has 0 amide bonds. The Hall–Kier alpha value is -2.91. The third-order valence-corrected chi connectivity index (χ3v) is 4.57. The van der Waals surface area contributed by atoms with E-state index in [1.54, 1.807) is 6.33 Å². The van der Waals surface area contributed by atoms with Crippen molar-refractivity contribution in [1.29, 1.82) is 0 Å². The smallest absolute Gasteiger partial charge is 0.254 e. The number of piperazine rings is 1. The number of aromatic nitrogens is 4. The maximum atomic E-state index is 5.37. The van der Waals surface area contributed by atoms with E-state index in [1.165, 1.54) is 0 Å². The van der Waals surface area contributed by atoms with Gasteiger partial charge in [-0.3, -0.25) is 4.90 Å². The number of rotatable bonds is 4. The fourth-order valence-corrected chi connectivity index (χ4v) is 3.20. The van der Waals surface area contributed by atoms with Crippen LogP contribution in [0.3, 0.4) is 0 Å². The Morgan fingerprint density at radius 1 is 1.08 bits per heavy atom. The molecule has 25 heavy (non-hydrogen) atoms. The third kappa shape index (κ3) is 3.19. The first kappa shape index (κ1) is 15.6. The van der Waals surface area contributed by atoms with Gasteiger partial charge in [-0.15, -0.1) is 12.3 Å². The fourth-order valence-electron chi connectivity index (χ4n) is 3.20. The van der Waals surface area contributed by atoms with Crippen LogP contribution in [0.5, 0.6) is 0 Å². The van der Waals surface area contributed by atoms with E-state index in [9.17, 15) is 0 Å². The Bertz CT molecular complexity index is 887. The highest BCUT2D eigenvalue weighted by molar-refractivity contribution is 5.65. The predicted octanol–water partition coefficient (Wildman–Crippen LogP) is 1.94. The summed E-state index contributed by atoms with van der Waals surface area (Å²) in [7, 11) is 0. The molecule has 4 rings (SSSR count). The molecule has 1 saturated heterocycles. The molecule has 0 N–H and O–H groups in total. The minimum absolute atomic E-state index is 0.631. The highest BCUT2D eigenvalue weighted by Gasteiger charge is 2.20. The molecule has 0 atom stereocenters. The molecule has 1 aromatic carbocycles. The lowest BCUT2D eigenvalue weighted by molar-refractivity contribution is 0.263. The van der Waals surface area contributed by atoms with Crippen LogP contribution in [-0.2, 0) is 0 Å². The Balaban J connectivity index is 1.63. The molecule has 1 aliphatic rings. The second kappa shape index (κ2) is 6.91. The van der Waals surface area contributed by atoms with Crippen LogP contribution in [0.15, 0.2) is 42.7 Å². The first-order valence-electron chi connectivity index (χ1n) is 8.52. The first-order chi connectivity index (χ1) is 12.3. The number of terminal acetylenes is 1. The predicted molar refractivity (Wildman–Crippen MR) is 98.3 cm³/mol. The van der Waals surface area contributed by atoms with Gasteiger partial charge in [0.05, 0.1) is 5.69 Å². The van der Waals surface area contributed by atoms with Crippen LogP contribution in [0.25, 0.3) is 17.0 Å². The van der Waals surface area contributed by atoms with E-state index in [0.29, 0.717) is 5.78 Å². The van der Waals surface area contributed by atoms with Crippen molar-refractivity contribution in [1.82, 2.24) is 24.5 Å². The van der Waals surface area contributed by atoms with Gasteiger partial charge >= 0.3 is 0 Å². The summed E-state index contributed by atoms with van der Waals surface area (Å²) in [6.07, 6.45) is 7.74. The van der Waals surface area contributed by atoms with Crippen LogP contribution in [0.2, 0.25) is 0 Å². The summed E-state index contributed by atoms with van der Waals surface area (Å²) < 4.78 is 1.82. The summed E-state index contributed by atoms with van der Waals surface area (Å²) in [6, 6.07) is 12.3. The topological polar surface area (TPSA) is 49.6 Å². The Labute approximate surface area is 147 Å². The molecule has 0 spiro atoms. The van der Waals surface area contributed by atoms with Gasteiger partial charge in [0, 0.05) is 50.8 Å². The molecule has 0 unspecified atom stereocenters. The van der Waals surface area contributed by atoms with E-state index >= 15 is 0 Å². The van der Waals surface area contributed by atoms with Crippen molar-refractivity contribution in [3.8, 4) is 23.6 Å². The van der Waals surface area contributed by atoms with E-state index in [0.717, 1.165) is 56.2 Å². The molecule has 0 saturated carbocycles. The number of nitrogens with zero attached hydrogens (tertiary/aromatic N) is 6. The molecule has 3 heterocycles. The monoisotopic (exact) mass is 332 g/mol. The second-order valence-electron chi connectivity index (χ2n) is 6.12. The standard InChI is InChI=1S/C19H20N6/c1-2-3-9-23-10-12-24(13-11-23)18-14-17(16-7-5-4-6-8-16)22-19-20-15-21-25(18)19/h1,4-8,14-15H,3,9-13H2. The highest BCUT2D eigenvalue weighted by Crippen LogP contribution is 2.24. The number of fused-ring (bicyclic) bond motifs is 1. The van der Waals surface area contributed by atoms with Gasteiger partial charge in [-0.2, -0.15) is 14.6 Å². The quantitative estimate of drug-likeness (QED) is 0.684. The summed E-state index contributed by atoms with van der Waals surface area (Å²) in [5.74, 6) is 4.39. The van der Waals surface area contributed by atoms with Gasteiger partial charge in [0.15, 0.2) is 0 Å². The summed E-state index contributed by atoms with van der Waals surface area (Å²) in [6.45, 7) is 4.85. The van der Waals surface area contributed by atoms with E-state index in [2.05, 4.69) is 49.0 Å². The molecule has 2 aromatic heterocycles. The SMILES string of the molecule is C#CCCN1CCN(c2cc(-c3ccccc3)nc3ncnn23)CC1. The molecular weight excluding hydrogens is 312 g/mol. The molecule has 6 heteroatoms. The van der Waals surface area contributed by atoms with Crippen molar-refractivity contribution in [2.24, 2.45) is 0 Å². The molecule has 0 bridgehead atoms. The van der Waals surface area contributed by atoms with E-state index in [1.807, 2.05) is 22.7 Å². The second-order valence-corrected chi connectivity index (χ2v) is 6.12. The van der Waals surface area contributed by atoms with Gasteiger partial charge < -0.3 is 4.90 Å². The summed E-state index contributed by atoms with van der Waals surface area (Å²) in [5.41, 5.74) is 2.01. The maximum absolute atomic E-state index is 5.37. The zero-order chi connectivity index (χ0) is 17.1. The average molecular weight is 332 g/mol. The zero-order valence-electron chi connectivity index (χ0n) is 14.0. The molecule has 3 aromatic rings. The summed E-state index contributed by atoms with van der Waals surface area (Å²) in [4.78, 5) is 13.7. The van der Waals surface area contributed by atoms with Crippen LogP contribution in [-0.4, -0.2) is 57.2 Å². The summed E-state index contributed by atoms with van der Waals surface area (Å²) in [5, 5.41) is 4.36. The fraction of sp³-hybridized carbons (Fsp3) is 0.316. The van der Waals surface area contributed by atoms with Gasteiger partial charge in [-0.05, 0) is 0 Å². The van der Waals surface area contributed by atoms with Crippen molar-refractivity contribution in [2.45, 2.75) is 6.42 Å². The van der Waals surface area contributed by atoms with Crippen molar-refractivity contribution in [3.63, 3.8) is 0 Å². The largest absolute Gasteiger partial charge is 0.354 e. The van der Waals surface area contributed by atoms with Crippen LogP contribution in [0, 0.1) is 12.3 Å². The van der Waals surface area contributed by atoms with Crippen LogP contribution < -0.4 is 4.90 Å². The lowest BCUT2D eigenvalue weighted by atomic mass is 10.1. The van der Waals surface area contributed by atoms with Crippen LogP contribution in [0.4, 0.5) is 5.82 Å². The van der Waals surface area contributed by atoms with Gasteiger partial charge in [0.25, 0.3) is 5.78 Å². The number of benzene rings is 1. The van der Waals surface area contributed by atoms with E-state index < -0.39 is 0 Å². The molecule has 6 nitrogen and oxygen atoms in total. The van der Waals surface area contributed by atoms with Gasteiger partial charge in [0.1, 0.15) is 12.1 Å². The van der Waals surface area contributed by atoms with Gasteiger partial charge in [0.2, 0.25) is 0 Å². The Morgan fingerprint density at radius 3 is 2.64 bits per heavy atom. The minimum atomic E-state index is 0.631. The number of hydrogen-bond acceptors (Lipinski definition) is 5. The molecule has 1 fully saturated rings. The molecule has 1 aliphatic heterocycles. The van der Waals surface area contributed by atoms with E-state index in [-0.39, 0.29) is 0 Å². The van der Waals surface area contributed by atoms with Gasteiger partial charge in [-0.1, -0.05) is 30.3 Å². The van der Waals surface area contributed by atoms with Crippen molar-refractivity contribution in [3.05, 3.63) is 42.7 Å². The van der Waals surface area contributed by atoms with Crippen LogP contribution in [0.1, 0.15) is 6.42 Å². The molecule has 0 aliphatic carbocycles. The van der Waals surface area contributed by atoms with Gasteiger partial charge in [-0.25, -0.2) is 4.98 Å². The first-order valence-corrected chi connectivity index (χ1v) is 8.52. The molecule has 0 radical (unpaired) electrons. The Morgan fingerprint density at radius 2 is 1.88 bits per heavy atom. The molecular formula is C19H20N6. The maximum Gasteiger partial charge on any atom is 0.254 e. The van der Waals surface area contributed by atoms with Crippen molar-refractivity contribution >= 4 is 11.6 Å². The lowest BCUT2D eigenvalue weighted by Gasteiger charge is -2.35. The normalized spacial score (nSPS) is 15.4. The summed E-state index contributed by atoms with van der Waals surface area (Å²) >= 11 is 0. The lowest BCUT2D eigenvalue weighted by Crippen LogP contribution is -2.47. The Kier molecular flexibility index (Phi) is 4.32. The highest BCUT2D eigenvalue weighted by atomic mass is 15.4. The molecule has 126 valence electrons. The van der Waals surface area contributed by atoms with Crippen molar-refractivity contribution in [2.75, 3.05) is 37.6 Å². The number of hydrogen-bond donors (Lipinski definition) is 0. The zero-order valence-corrected chi connectivity index (χ0v) is 14.0. The minimum Gasteiger partial charge on any atom is -0.354 e. The van der Waals surface area contributed by atoms with E-state index in [4.69, 9.17) is 6.42 Å². The van der Waals surface area contributed by atoms with Crippen molar-refractivity contribution < 1.29 is 0 Å². The number of anilines is 1. The third-order valence-electron chi connectivity index (χ3n) is 4.57. The van der Waals surface area contributed by atoms with Crippen LogP contribution >= 0.6 is 0 Å².